The smallest absolute Gasteiger partial charge is 0.255 e. The van der Waals surface area contributed by atoms with Crippen LogP contribution in [0.3, 0.4) is 0 Å². The molecular weight excluding hydrogens is 559 g/mol. The van der Waals surface area contributed by atoms with Crippen LogP contribution in [0.15, 0.2) is 67.1 Å². The van der Waals surface area contributed by atoms with Crippen LogP contribution in [0, 0.1) is 5.82 Å². The summed E-state index contributed by atoms with van der Waals surface area (Å²) < 4.78 is 22.9. The topological polar surface area (TPSA) is 114 Å². The van der Waals surface area contributed by atoms with E-state index in [-0.39, 0.29) is 29.7 Å². The first kappa shape index (κ1) is 29.9. The summed E-state index contributed by atoms with van der Waals surface area (Å²) in [6.45, 7) is 6.16. The maximum Gasteiger partial charge on any atom is 0.255 e. The van der Waals surface area contributed by atoms with Crippen LogP contribution in [0.25, 0.3) is 22.3 Å². The number of rotatable bonds is 9. The summed E-state index contributed by atoms with van der Waals surface area (Å²) in [6.07, 6.45) is 5.00. The minimum atomic E-state index is -0.297. The Hall–Kier alpha value is -4.16. The first-order chi connectivity index (χ1) is 21.3. The second kappa shape index (κ2) is 13.2. The van der Waals surface area contributed by atoms with Gasteiger partial charge < -0.3 is 26.0 Å². The predicted molar refractivity (Wildman–Crippen MR) is 168 cm³/mol. The lowest BCUT2D eigenvalue weighted by Gasteiger charge is -2.32. The summed E-state index contributed by atoms with van der Waals surface area (Å²) in [6, 6.07) is 15.0. The Bertz CT molecular complexity index is 1600. The number of benzene rings is 2. The van der Waals surface area contributed by atoms with Crippen molar-refractivity contribution < 1.29 is 13.9 Å². The molecule has 0 spiro atoms. The van der Waals surface area contributed by atoms with E-state index in [2.05, 4.69) is 37.6 Å². The van der Waals surface area contributed by atoms with Crippen molar-refractivity contribution in [1.82, 2.24) is 35.2 Å². The molecule has 4 heterocycles. The standard InChI is InChI=1S/C33H39FN8O2/c1-40-9-11-42(12-10-40)20-25-8-7-24(14-29(25)34)23-5-3-22(4-6-23)21-44-31-18-36-17-30(31)39-33(43)28-13-26(15-37-32(28)35)27-16-38-41(2)19-27/h3-8,13-16,19,30-31,36H,9-12,17-18,20-21H2,1-2H3,(H2,35,37)(H,39,43)/t30-,31-/m0/s1. The predicted octanol–water partition coefficient (Wildman–Crippen LogP) is 2.90. The lowest BCUT2D eigenvalue weighted by molar-refractivity contribution is 0.0358. The zero-order valence-corrected chi connectivity index (χ0v) is 25.2. The molecule has 1 amide bonds. The highest BCUT2D eigenvalue weighted by Crippen LogP contribution is 2.25. The van der Waals surface area contributed by atoms with Gasteiger partial charge in [0.2, 0.25) is 0 Å². The molecule has 2 aromatic carbocycles. The van der Waals surface area contributed by atoms with Gasteiger partial charge in [-0.05, 0) is 35.9 Å². The third-order valence-corrected chi connectivity index (χ3v) is 8.47. The van der Waals surface area contributed by atoms with Crippen LogP contribution >= 0.6 is 0 Å². The number of aryl methyl sites for hydroxylation is 1. The van der Waals surface area contributed by atoms with Gasteiger partial charge in [0.05, 0.1) is 30.5 Å². The second-order valence-corrected chi connectivity index (χ2v) is 11.7. The van der Waals surface area contributed by atoms with Gasteiger partial charge in [-0.2, -0.15) is 5.10 Å². The number of carbonyl (C=O) groups is 1. The van der Waals surface area contributed by atoms with Crippen LogP contribution in [0.2, 0.25) is 0 Å². The Labute approximate surface area is 257 Å². The maximum atomic E-state index is 15.0. The number of anilines is 1. The van der Waals surface area contributed by atoms with E-state index in [0.717, 1.165) is 59.6 Å². The van der Waals surface area contributed by atoms with Gasteiger partial charge in [-0.15, -0.1) is 0 Å². The normalized spacial score (nSPS) is 19.3. The number of nitrogens with one attached hydrogen (secondary N) is 2. The largest absolute Gasteiger partial charge is 0.383 e. The number of hydrogen-bond donors (Lipinski definition) is 3. The lowest BCUT2D eigenvalue weighted by Crippen LogP contribution is -2.44. The van der Waals surface area contributed by atoms with Crippen molar-refractivity contribution in [2.24, 2.45) is 7.05 Å². The number of amides is 1. The fourth-order valence-corrected chi connectivity index (χ4v) is 5.70. The van der Waals surface area contributed by atoms with E-state index in [0.29, 0.717) is 31.8 Å². The number of piperazine rings is 1. The van der Waals surface area contributed by atoms with Crippen molar-refractivity contribution in [1.29, 1.82) is 0 Å². The molecule has 0 bridgehead atoms. The molecule has 2 aliphatic heterocycles. The van der Waals surface area contributed by atoms with Crippen LogP contribution in [0.1, 0.15) is 21.5 Å². The lowest BCUT2D eigenvalue weighted by atomic mass is 10.0. The van der Waals surface area contributed by atoms with Gasteiger partial charge in [-0.1, -0.05) is 36.4 Å². The molecule has 2 aromatic heterocycles. The number of aromatic nitrogens is 3. The van der Waals surface area contributed by atoms with Crippen molar-refractivity contribution >= 4 is 11.7 Å². The average molecular weight is 599 g/mol. The number of halogens is 1. The Kier molecular flexibility index (Phi) is 8.99. The monoisotopic (exact) mass is 598 g/mol. The van der Waals surface area contributed by atoms with Crippen molar-refractivity contribution in [2.75, 3.05) is 52.0 Å². The number of nitrogens with two attached hydrogens (primary N) is 1. The van der Waals surface area contributed by atoms with Crippen LogP contribution in [0.4, 0.5) is 10.2 Å². The van der Waals surface area contributed by atoms with E-state index in [1.165, 1.54) is 0 Å². The van der Waals surface area contributed by atoms with Crippen molar-refractivity contribution in [2.45, 2.75) is 25.3 Å². The van der Waals surface area contributed by atoms with Gasteiger partial charge in [0.1, 0.15) is 11.6 Å². The van der Waals surface area contributed by atoms with Gasteiger partial charge in [0.25, 0.3) is 5.91 Å². The van der Waals surface area contributed by atoms with Gasteiger partial charge in [0, 0.05) is 81.9 Å². The van der Waals surface area contributed by atoms with Gasteiger partial charge in [-0.25, -0.2) is 9.37 Å². The summed E-state index contributed by atoms with van der Waals surface area (Å²) in [7, 11) is 3.95. The zero-order valence-electron chi connectivity index (χ0n) is 25.2. The van der Waals surface area contributed by atoms with Crippen LogP contribution in [0.5, 0.6) is 0 Å². The number of nitrogens with zero attached hydrogens (tertiary/aromatic N) is 5. The van der Waals surface area contributed by atoms with Crippen molar-refractivity contribution in [3.63, 3.8) is 0 Å². The SMILES string of the molecule is CN1CCN(Cc2ccc(-c3ccc(CO[C@H]4CNC[C@@H]4NC(=O)c4cc(-c5cnn(C)c5)cnc4N)cc3)cc2F)CC1. The number of hydrogen-bond acceptors (Lipinski definition) is 8. The molecular formula is C33H39FN8O2. The molecule has 230 valence electrons. The summed E-state index contributed by atoms with van der Waals surface area (Å²) in [5.74, 6) is -0.297. The number of likely N-dealkylation sites (N-methyl/N-ethyl adjacent to an activating group) is 1. The van der Waals surface area contributed by atoms with Crippen LogP contribution in [-0.2, 0) is 24.9 Å². The summed E-state index contributed by atoms with van der Waals surface area (Å²) in [5, 5.41) is 10.6. The molecule has 2 aliphatic rings. The van der Waals surface area contributed by atoms with E-state index in [4.69, 9.17) is 10.5 Å². The fraction of sp³-hybridized carbons (Fsp3) is 0.364. The number of pyridine rings is 1. The number of ether oxygens (including phenoxy) is 1. The van der Waals surface area contributed by atoms with Gasteiger partial charge in [0.15, 0.2) is 0 Å². The molecule has 2 fully saturated rings. The molecule has 2 atom stereocenters. The maximum absolute atomic E-state index is 15.0. The Balaban J connectivity index is 1.04. The Morgan fingerprint density at radius 2 is 1.77 bits per heavy atom. The zero-order chi connectivity index (χ0) is 30.6. The highest BCUT2D eigenvalue weighted by molar-refractivity contribution is 5.99. The van der Waals surface area contributed by atoms with E-state index < -0.39 is 0 Å². The summed E-state index contributed by atoms with van der Waals surface area (Å²) >= 11 is 0. The van der Waals surface area contributed by atoms with Gasteiger partial charge in [-0.3, -0.25) is 14.4 Å². The quantitative estimate of drug-likeness (QED) is 0.270. The average Bonchev–Trinajstić information content (AvgIpc) is 3.67. The van der Waals surface area contributed by atoms with Gasteiger partial charge >= 0.3 is 0 Å². The van der Waals surface area contributed by atoms with E-state index in [9.17, 15) is 9.18 Å². The van der Waals surface area contributed by atoms with Crippen LogP contribution < -0.4 is 16.4 Å². The molecule has 2 saturated heterocycles. The van der Waals surface area contributed by atoms with Crippen LogP contribution in [-0.4, -0.2) is 88.9 Å². The van der Waals surface area contributed by atoms with Crippen molar-refractivity contribution in [3.05, 3.63) is 89.6 Å². The van der Waals surface area contributed by atoms with E-state index in [1.807, 2.05) is 49.6 Å². The second-order valence-electron chi connectivity index (χ2n) is 11.7. The fourth-order valence-electron chi connectivity index (χ4n) is 5.70. The molecule has 6 rings (SSSR count). The first-order valence-corrected chi connectivity index (χ1v) is 15.0. The molecule has 0 radical (unpaired) electrons. The minimum absolute atomic E-state index is 0.169. The Morgan fingerprint density at radius 1 is 1.00 bits per heavy atom. The molecule has 0 saturated carbocycles. The van der Waals surface area contributed by atoms with E-state index in [1.54, 1.807) is 29.2 Å². The molecule has 11 heteroatoms. The third kappa shape index (κ3) is 6.97. The summed E-state index contributed by atoms with van der Waals surface area (Å²) in [4.78, 5) is 22.0. The minimum Gasteiger partial charge on any atom is -0.383 e. The molecule has 10 nitrogen and oxygen atoms in total. The third-order valence-electron chi connectivity index (χ3n) is 8.47. The molecule has 44 heavy (non-hydrogen) atoms. The molecule has 0 aliphatic carbocycles. The number of nitrogen functional groups attached to an aromatic ring is 1. The first-order valence-electron chi connectivity index (χ1n) is 15.0. The molecule has 4 N–H and O–H groups in total. The molecule has 0 unspecified atom stereocenters. The van der Waals surface area contributed by atoms with E-state index >= 15 is 0 Å². The summed E-state index contributed by atoms with van der Waals surface area (Å²) in [5.41, 5.74) is 11.5. The highest BCUT2D eigenvalue weighted by Gasteiger charge is 2.30. The number of carbonyl (C=O) groups excluding carboxylic acids is 1. The molecule has 4 aromatic rings. The highest BCUT2D eigenvalue weighted by atomic mass is 19.1. The van der Waals surface area contributed by atoms with Crippen molar-refractivity contribution in [3.8, 4) is 22.3 Å². The Morgan fingerprint density at radius 3 is 2.50 bits per heavy atom.